The molecule has 1 N–H and O–H groups in total. The van der Waals surface area contributed by atoms with E-state index in [1.165, 1.54) is 14.2 Å². The smallest absolute Gasteiger partial charge is 0.336 e. The minimum atomic E-state index is -0.801. The van der Waals surface area contributed by atoms with Crippen molar-refractivity contribution in [1.82, 2.24) is 0 Å². The number of nitrogens with zero attached hydrogens (tertiary/aromatic N) is 1. The number of carbonyl (C=O) groups excluding carboxylic acids is 3. The Kier molecular flexibility index (Phi) is 7.61. The highest BCUT2D eigenvalue weighted by Crippen LogP contribution is 2.40. The van der Waals surface area contributed by atoms with Crippen molar-refractivity contribution < 1.29 is 28.6 Å². The zero-order valence-electron chi connectivity index (χ0n) is 19.0. The Hall–Kier alpha value is -3.94. The molecule has 3 rings (SSSR count). The van der Waals surface area contributed by atoms with E-state index in [2.05, 4.69) is 10.3 Å². The number of carbonyl (C=O) groups is 3. The van der Waals surface area contributed by atoms with Gasteiger partial charge in [0.2, 0.25) is 0 Å². The Morgan fingerprint density at radius 3 is 2.36 bits per heavy atom. The summed E-state index contributed by atoms with van der Waals surface area (Å²) in [6, 6.07) is 16.0. The van der Waals surface area contributed by atoms with Gasteiger partial charge in [-0.2, -0.15) is 0 Å². The quantitative estimate of drug-likeness (QED) is 0.648. The Bertz CT molecular complexity index is 1110. The number of benzene rings is 2. The Labute approximate surface area is 192 Å². The van der Waals surface area contributed by atoms with Gasteiger partial charge < -0.3 is 19.5 Å². The first-order valence-electron chi connectivity index (χ1n) is 10.4. The van der Waals surface area contributed by atoms with E-state index in [0.717, 1.165) is 0 Å². The average molecular weight is 450 g/mol. The fraction of sp³-hybridized carbons (Fsp3) is 0.280. The zero-order chi connectivity index (χ0) is 24.0. The van der Waals surface area contributed by atoms with Crippen LogP contribution in [0.25, 0.3) is 0 Å². The van der Waals surface area contributed by atoms with Crippen molar-refractivity contribution in [3.05, 3.63) is 71.4 Å². The van der Waals surface area contributed by atoms with Crippen molar-refractivity contribution in [2.24, 2.45) is 10.9 Å². The number of nitrogens with one attached hydrogen (secondary N) is 1. The molecule has 0 saturated carbocycles. The molecule has 2 unspecified atom stereocenters. The van der Waals surface area contributed by atoms with Crippen molar-refractivity contribution in [2.75, 3.05) is 26.1 Å². The molecule has 0 radical (unpaired) electrons. The van der Waals surface area contributed by atoms with Crippen molar-refractivity contribution in [2.45, 2.75) is 19.8 Å². The van der Waals surface area contributed by atoms with Crippen LogP contribution >= 0.6 is 0 Å². The summed E-state index contributed by atoms with van der Waals surface area (Å²) in [5.74, 6) is -2.46. The third-order valence-electron chi connectivity index (χ3n) is 5.33. The Balaban J connectivity index is 1.87. The lowest BCUT2D eigenvalue weighted by Gasteiger charge is -2.31. The molecular weight excluding hydrogens is 424 g/mol. The van der Waals surface area contributed by atoms with Crippen LogP contribution in [0.4, 0.5) is 5.69 Å². The van der Waals surface area contributed by atoms with Crippen LogP contribution in [0, 0.1) is 5.92 Å². The molecule has 0 aliphatic carbocycles. The van der Waals surface area contributed by atoms with Gasteiger partial charge in [0.25, 0.3) is 5.91 Å². The number of methoxy groups -OCH3 is 2. The van der Waals surface area contributed by atoms with Crippen LogP contribution in [0.15, 0.2) is 70.9 Å². The van der Waals surface area contributed by atoms with Crippen LogP contribution in [-0.2, 0) is 23.9 Å². The first-order chi connectivity index (χ1) is 15.8. The molecule has 2 aromatic rings. The van der Waals surface area contributed by atoms with Gasteiger partial charge in [-0.05, 0) is 43.7 Å². The topological polar surface area (TPSA) is 103 Å². The lowest BCUT2D eigenvalue weighted by Crippen LogP contribution is -2.36. The highest BCUT2D eigenvalue weighted by Gasteiger charge is 2.42. The third-order valence-corrected chi connectivity index (χ3v) is 5.33. The molecule has 2 aromatic carbocycles. The second-order valence-electron chi connectivity index (χ2n) is 7.50. The maximum atomic E-state index is 12.6. The van der Waals surface area contributed by atoms with E-state index >= 15 is 0 Å². The van der Waals surface area contributed by atoms with E-state index in [4.69, 9.17) is 14.2 Å². The molecule has 1 heterocycles. The van der Waals surface area contributed by atoms with E-state index in [1.54, 1.807) is 50.2 Å². The summed E-state index contributed by atoms with van der Waals surface area (Å²) >= 11 is 0. The zero-order valence-corrected chi connectivity index (χ0v) is 19.0. The maximum absolute atomic E-state index is 12.6. The van der Waals surface area contributed by atoms with Gasteiger partial charge in [-0.3, -0.25) is 14.6 Å². The highest BCUT2D eigenvalue weighted by molar-refractivity contribution is 6.07. The van der Waals surface area contributed by atoms with Gasteiger partial charge in [-0.15, -0.1) is 0 Å². The molecule has 172 valence electrons. The first-order valence-corrected chi connectivity index (χ1v) is 10.4. The molecule has 0 aromatic heterocycles. The highest BCUT2D eigenvalue weighted by atomic mass is 16.5. The van der Waals surface area contributed by atoms with E-state index in [1.807, 2.05) is 18.2 Å². The van der Waals surface area contributed by atoms with Crippen LogP contribution in [0.1, 0.15) is 25.3 Å². The van der Waals surface area contributed by atoms with E-state index < -0.39 is 23.8 Å². The molecule has 33 heavy (non-hydrogen) atoms. The maximum Gasteiger partial charge on any atom is 0.336 e. The van der Waals surface area contributed by atoms with Crippen molar-refractivity contribution in [3.63, 3.8) is 0 Å². The summed E-state index contributed by atoms with van der Waals surface area (Å²) in [5, 5.41) is 2.75. The van der Waals surface area contributed by atoms with Crippen LogP contribution in [0.3, 0.4) is 0 Å². The summed E-state index contributed by atoms with van der Waals surface area (Å²) in [6.07, 6.45) is 0. The number of ether oxygens (including phenoxy) is 3. The average Bonchev–Trinajstić information content (AvgIpc) is 2.82. The summed E-state index contributed by atoms with van der Waals surface area (Å²) in [6.45, 7) is 3.22. The second kappa shape index (κ2) is 10.6. The number of anilines is 1. The predicted octanol–water partition coefficient (Wildman–Crippen LogP) is 3.50. The SMILES string of the molecule is COC(=O)C1=C(C)N=C(C)C(C(=O)OC)C1c1cccc(OCC(=O)Nc2ccccc2)c1. The minimum absolute atomic E-state index is 0.206. The molecule has 1 aliphatic rings. The van der Waals surface area contributed by atoms with Gasteiger partial charge in [-0.25, -0.2) is 4.79 Å². The van der Waals surface area contributed by atoms with Gasteiger partial charge in [0.1, 0.15) is 11.7 Å². The number of amides is 1. The standard InChI is InChI=1S/C25H26N2O6/c1-15-21(24(29)31-3)23(22(16(2)26-15)25(30)32-4)17-9-8-12-19(13-17)33-14-20(28)27-18-10-6-5-7-11-18/h5-13,21,23H,14H2,1-4H3,(H,27,28). The molecule has 1 amide bonds. The molecule has 0 bridgehead atoms. The van der Waals surface area contributed by atoms with Gasteiger partial charge in [0, 0.05) is 23.0 Å². The Morgan fingerprint density at radius 1 is 0.970 bits per heavy atom. The Morgan fingerprint density at radius 2 is 1.70 bits per heavy atom. The minimum Gasteiger partial charge on any atom is -0.484 e. The van der Waals surface area contributed by atoms with Crippen molar-refractivity contribution >= 4 is 29.2 Å². The van der Waals surface area contributed by atoms with Gasteiger partial charge in [0.05, 0.1) is 19.8 Å². The number of hydrogen-bond acceptors (Lipinski definition) is 7. The lowest BCUT2D eigenvalue weighted by atomic mass is 9.75. The van der Waals surface area contributed by atoms with Crippen molar-refractivity contribution in [1.29, 1.82) is 0 Å². The number of hydrogen-bond donors (Lipinski definition) is 1. The molecular formula is C25H26N2O6. The number of rotatable bonds is 7. The molecule has 2 atom stereocenters. The summed E-state index contributed by atoms with van der Waals surface area (Å²) < 4.78 is 15.6. The molecule has 1 aliphatic heterocycles. The molecule has 0 saturated heterocycles. The van der Waals surface area contributed by atoms with Crippen LogP contribution in [-0.4, -0.2) is 44.4 Å². The molecule has 8 heteroatoms. The van der Waals surface area contributed by atoms with Gasteiger partial charge >= 0.3 is 11.9 Å². The molecule has 0 spiro atoms. The van der Waals surface area contributed by atoms with Gasteiger partial charge in [0.15, 0.2) is 6.61 Å². The number of esters is 2. The van der Waals surface area contributed by atoms with Crippen LogP contribution in [0.2, 0.25) is 0 Å². The summed E-state index contributed by atoms with van der Waals surface area (Å²) in [7, 11) is 2.57. The van der Waals surface area contributed by atoms with E-state index in [-0.39, 0.29) is 18.1 Å². The summed E-state index contributed by atoms with van der Waals surface area (Å²) in [4.78, 5) is 41.9. The third kappa shape index (κ3) is 5.46. The summed E-state index contributed by atoms with van der Waals surface area (Å²) in [5.41, 5.74) is 2.59. The monoisotopic (exact) mass is 450 g/mol. The fourth-order valence-corrected chi connectivity index (χ4v) is 3.87. The second-order valence-corrected chi connectivity index (χ2v) is 7.50. The predicted molar refractivity (Wildman–Crippen MR) is 123 cm³/mol. The largest absolute Gasteiger partial charge is 0.484 e. The van der Waals surface area contributed by atoms with Crippen LogP contribution in [0.5, 0.6) is 5.75 Å². The van der Waals surface area contributed by atoms with Crippen molar-refractivity contribution in [3.8, 4) is 5.75 Å². The van der Waals surface area contributed by atoms with Crippen LogP contribution < -0.4 is 10.1 Å². The van der Waals surface area contributed by atoms with E-state index in [0.29, 0.717) is 28.4 Å². The molecule has 0 fully saturated rings. The number of para-hydroxylation sites is 1. The first kappa shape index (κ1) is 23.7. The molecule has 8 nitrogen and oxygen atoms in total. The number of aliphatic imine (C=N–C) groups is 1. The van der Waals surface area contributed by atoms with E-state index in [9.17, 15) is 14.4 Å². The number of allylic oxidation sites excluding steroid dienone is 1. The lowest BCUT2D eigenvalue weighted by molar-refractivity contribution is -0.143. The fourth-order valence-electron chi connectivity index (χ4n) is 3.87. The van der Waals surface area contributed by atoms with Gasteiger partial charge in [-0.1, -0.05) is 30.3 Å². The normalized spacial score (nSPS) is 17.6.